The first-order valence-electron chi connectivity index (χ1n) is 9.86. The monoisotopic (exact) mass is 422 g/mol. The minimum Gasteiger partial charge on any atom is -0.494 e. The zero-order valence-corrected chi connectivity index (χ0v) is 17.9. The molecule has 30 heavy (non-hydrogen) atoms. The minimum absolute atomic E-state index is 0.0724. The number of aryl methyl sites for hydroxylation is 3. The van der Waals surface area contributed by atoms with Gasteiger partial charge in [0.2, 0.25) is 5.89 Å². The van der Waals surface area contributed by atoms with E-state index < -0.39 is 0 Å². The van der Waals surface area contributed by atoms with E-state index in [2.05, 4.69) is 20.4 Å². The third kappa shape index (κ3) is 3.45. The first kappa shape index (κ1) is 18.8. The Balaban J connectivity index is 1.42. The van der Waals surface area contributed by atoms with Crippen molar-refractivity contribution in [3.8, 4) is 11.4 Å². The van der Waals surface area contributed by atoms with Crippen LogP contribution in [-0.4, -0.2) is 31.8 Å². The molecule has 0 spiro atoms. The van der Waals surface area contributed by atoms with E-state index in [1.165, 1.54) is 4.88 Å². The van der Waals surface area contributed by atoms with Crippen molar-refractivity contribution in [2.75, 3.05) is 12.4 Å². The van der Waals surface area contributed by atoms with E-state index in [0.29, 0.717) is 11.7 Å². The number of methoxy groups -OCH3 is 1. The number of hydrogen-bond donors (Lipinski definition) is 1. The number of anilines is 2. The molecule has 1 aromatic carbocycles. The predicted octanol–water partition coefficient (Wildman–Crippen LogP) is 4.55. The highest BCUT2D eigenvalue weighted by molar-refractivity contribution is 7.15. The smallest absolute Gasteiger partial charge is 0.235 e. The molecule has 0 aliphatic heterocycles. The van der Waals surface area contributed by atoms with Crippen molar-refractivity contribution >= 4 is 22.2 Å². The number of nitrogens with zero attached hydrogens (tertiary/aromatic N) is 5. The fraction of sp³-hybridized carbons (Fsp3) is 0.333. The normalized spacial score (nSPS) is 15.8. The highest BCUT2D eigenvalue weighted by Gasteiger charge is 2.30. The lowest BCUT2D eigenvalue weighted by molar-refractivity contribution is 0.350. The molecule has 5 rings (SSSR count). The van der Waals surface area contributed by atoms with Gasteiger partial charge in [-0.05, 0) is 45.2 Å². The summed E-state index contributed by atoms with van der Waals surface area (Å²) in [5.74, 6) is 2.15. The summed E-state index contributed by atoms with van der Waals surface area (Å²) in [6.45, 7) is 3.80. The molecular formula is C21H22N6O2S. The second-order valence-electron chi connectivity index (χ2n) is 7.39. The Labute approximate surface area is 177 Å². The van der Waals surface area contributed by atoms with Crippen LogP contribution in [0.4, 0.5) is 10.8 Å². The molecule has 1 N–H and O–H groups in total. The lowest BCUT2D eigenvalue weighted by Gasteiger charge is -2.17. The van der Waals surface area contributed by atoms with E-state index >= 15 is 0 Å². The van der Waals surface area contributed by atoms with Gasteiger partial charge >= 0.3 is 0 Å². The lowest BCUT2D eigenvalue weighted by atomic mass is 9.91. The lowest BCUT2D eigenvalue weighted by Crippen LogP contribution is -2.10. The zero-order chi connectivity index (χ0) is 20.7. The summed E-state index contributed by atoms with van der Waals surface area (Å²) in [7, 11) is 1.67. The maximum Gasteiger partial charge on any atom is 0.235 e. The molecule has 4 aromatic rings. The molecule has 3 aromatic heterocycles. The van der Waals surface area contributed by atoms with Crippen LogP contribution in [0.25, 0.3) is 5.69 Å². The van der Waals surface area contributed by atoms with E-state index in [1.807, 2.05) is 42.8 Å². The summed E-state index contributed by atoms with van der Waals surface area (Å²) < 4.78 is 13.0. The second-order valence-corrected chi connectivity index (χ2v) is 8.47. The number of imidazole rings is 1. The van der Waals surface area contributed by atoms with Gasteiger partial charge in [-0.25, -0.2) is 9.97 Å². The third-order valence-corrected chi connectivity index (χ3v) is 6.26. The Bertz CT molecular complexity index is 1190. The number of fused-ring (bicyclic) bond motifs is 1. The van der Waals surface area contributed by atoms with E-state index in [9.17, 15) is 0 Å². The highest BCUT2D eigenvalue weighted by Crippen LogP contribution is 2.40. The van der Waals surface area contributed by atoms with E-state index in [1.54, 1.807) is 24.8 Å². The molecule has 9 heteroatoms. The van der Waals surface area contributed by atoms with Gasteiger partial charge in [0.05, 0.1) is 36.4 Å². The summed E-state index contributed by atoms with van der Waals surface area (Å²) in [5.41, 5.74) is 3.87. The zero-order valence-electron chi connectivity index (χ0n) is 17.0. The molecule has 0 fully saturated rings. The number of rotatable bonds is 5. The van der Waals surface area contributed by atoms with Crippen molar-refractivity contribution in [1.29, 1.82) is 0 Å². The molecule has 1 atom stereocenters. The van der Waals surface area contributed by atoms with E-state index in [-0.39, 0.29) is 5.92 Å². The average molecular weight is 423 g/mol. The fourth-order valence-corrected chi connectivity index (χ4v) is 4.90. The van der Waals surface area contributed by atoms with Crippen LogP contribution in [0.2, 0.25) is 0 Å². The predicted molar refractivity (Wildman–Crippen MR) is 114 cm³/mol. The van der Waals surface area contributed by atoms with Gasteiger partial charge in [-0.3, -0.25) is 0 Å². The van der Waals surface area contributed by atoms with Crippen molar-refractivity contribution in [2.45, 2.75) is 39.0 Å². The molecule has 154 valence electrons. The maximum atomic E-state index is 5.61. The number of thiazole rings is 1. The van der Waals surface area contributed by atoms with Crippen molar-refractivity contribution in [2.24, 2.45) is 0 Å². The average Bonchev–Trinajstić information content (AvgIpc) is 3.47. The molecule has 1 aliphatic carbocycles. The van der Waals surface area contributed by atoms with Crippen LogP contribution in [0.15, 0.2) is 35.2 Å². The van der Waals surface area contributed by atoms with Gasteiger partial charge in [0.1, 0.15) is 5.75 Å². The molecule has 0 saturated heterocycles. The van der Waals surface area contributed by atoms with Crippen LogP contribution >= 0.6 is 11.3 Å². The van der Waals surface area contributed by atoms with Crippen LogP contribution in [0.5, 0.6) is 5.75 Å². The van der Waals surface area contributed by atoms with Crippen LogP contribution in [0.3, 0.4) is 0 Å². The molecule has 8 nitrogen and oxygen atoms in total. The van der Waals surface area contributed by atoms with Crippen LogP contribution in [0, 0.1) is 13.8 Å². The Kier molecular flexibility index (Phi) is 4.74. The van der Waals surface area contributed by atoms with Gasteiger partial charge in [-0.2, -0.15) is 4.98 Å². The molecule has 0 bridgehead atoms. The van der Waals surface area contributed by atoms with Gasteiger partial charge in [-0.15, -0.1) is 11.3 Å². The van der Waals surface area contributed by atoms with Gasteiger partial charge in [0.25, 0.3) is 0 Å². The molecule has 0 saturated carbocycles. The van der Waals surface area contributed by atoms with E-state index in [4.69, 9.17) is 14.2 Å². The number of ether oxygens (including phenoxy) is 1. The Morgan fingerprint density at radius 1 is 1.27 bits per heavy atom. The van der Waals surface area contributed by atoms with Crippen molar-refractivity contribution in [3.63, 3.8) is 0 Å². The fourth-order valence-electron chi connectivity index (χ4n) is 3.81. The Morgan fingerprint density at radius 2 is 2.17 bits per heavy atom. The van der Waals surface area contributed by atoms with Gasteiger partial charge < -0.3 is 19.1 Å². The van der Waals surface area contributed by atoms with Gasteiger partial charge in [0, 0.05) is 22.8 Å². The van der Waals surface area contributed by atoms with Crippen molar-refractivity contribution < 1.29 is 9.26 Å². The standard InChI is InChI=1S/C21H22N6O2S/c1-12-10-27(11-22-12)16-8-7-14(9-17(16)28-3)24-21-25-19-15(5-4-6-18(19)30-21)20-23-13(2)26-29-20/h7-11,15H,4-6H2,1-3H3,(H,24,25). The van der Waals surface area contributed by atoms with Gasteiger partial charge in [-0.1, -0.05) is 5.16 Å². The second kappa shape index (κ2) is 7.56. The summed E-state index contributed by atoms with van der Waals surface area (Å²) in [6, 6.07) is 6.01. The molecule has 1 unspecified atom stereocenters. The molecule has 1 aliphatic rings. The SMILES string of the molecule is COc1cc(Nc2nc3c(s2)CCCC3c2nc(C)no2)ccc1-n1cnc(C)c1. The minimum atomic E-state index is 0.0724. The summed E-state index contributed by atoms with van der Waals surface area (Å²) in [4.78, 5) is 14.9. The number of aromatic nitrogens is 5. The summed E-state index contributed by atoms with van der Waals surface area (Å²) in [6.07, 6.45) is 6.85. The van der Waals surface area contributed by atoms with E-state index in [0.717, 1.165) is 52.9 Å². The summed E-state index contributed by atoms with van der Waals surface area (Å²) >= 11 is 1.68. The quantitative estimate of drug-likeness (QED) is 0.504. The van der Waals surface area contributed by atoms with Crippen LogP contribution < -0.4 is 10.1 Å². The summed E-state index contributed by atoms with van der Waals surface area (Å²) in [5, 5.41) is 8.24. The topological polar surface area (TPSA) is 90.9 Å². The van der Waals surface area contributed by atoms with Crippen LogP contribution in [0.1, 0.15) is 46.7 Å². The number of benzene rings is 1. The molecule has 0 amide bonds. The maximum absolute atomic E-state index is 5.61. The molecular weight excluding hydrogens is 400 g/mol. The Morgan fingerprint density at radius 3 is 2.90 bits per heavy atom. The molecule has 0 radical (unpaired) electrons. The molecule has 3 heterocycles. The van der Waals surface area contributed by atoms with Crippen LogP contribution in [-0.2, 0) is 6.42 Å². The Hall–Kier alpha value is -3.20. The largest absolute Gasteiger partial charge is 0.494 e. The first-order valence-corrected chi connectivity index (χ1v) is 10.7. The number of hydrogen-bond acceptors (Lipinski definition) is 8. The highest BCUT2D eigenvalue weighted by atomic mass is 32.1. The number of nitrogens with one attached hydrogen (secondary N) is 1. The third-order valence-electron chi connectivity index (χ3n) is 5.22. The van der Waals surface area contributed by atoms with Crippen molar-refractivity contribution in [1.82, 2.24) is 24.7 Å². The van der Waals surface area contributed by atoms with Crippen molar-refractivity contribution in [3.05, 3.63) is 58.7 Å². The first-order chi connectivity index (χ1) is 14.6. The van der Waals surface area contributed by atoms with Gasteiger partial charge in [0.15, 0.2) is 11.0 Å².